The van der Waals surface area contributed by atoms with Crippen molar-refractivity contribution in [1.82, 2.24) is 0 Å². The summed E-state index contributed by atoms with van der Waals surface area (Å²) in [6.45, 7) is 0. The number of amides is 1. The summed E-state index contributed by atoms with van der Waals surface area (Å²) in [4.78, 5) is 20.6. The molecule has 0 spiro atoms. The van der Waals surface area contributed by atoms with Crippen molar-refractivity contribution < 1.29 is 14.4 Å². The van der Waals surface area contributed by atoms with Crippen LogP contribution in [-0.4, -0.2) is 13.2 Å². The summed E-state index contributed by atoms with van der Waals surface area (Å²) in [5.74, 6) is 0.756. The summed E-state index contributed by atoms with van der Waals surface area (Å²) < 4.78 is 5.31. The third-order valence-corrected chi connectivity index (χ3v) is 5.29. The van der Waals surface area contributed by atoms with E-state index in [9.17, 15) is 4.79 Å². The Bertz CT molecular complexity index is 1190. The van der Waals surface area contributed by atoms with Gasteiger partial charge < -0.3 is 9.57 Å². The molecule has 4 aromatic carbocycles. The van der Waals surface area contributed by atoms with E-state index in [1.807, 2.05) is 97.1 Å². The van der Waals surface area contributed by atoms with E-state index < -0.39 is 12.3 Å². The van der Waals surface area contributed by atoms with Crippen LogP contribution < -0.4 is 14.7 Å². The third kappa shape index (κ3) is 3.01. The van der Waals surface area contributed by atoms with E-state index >= 15 is 0 Å². The Balaban J connectivity index is 1.68. The van der Waals surface area contributed by atoms with Crippen LogP contribution in [0.3, 0.4) is 0 Å². The lowest BCUT2D eigenvalue weighted by Crippen LogP contribution is -2.31. The van der Waals surface area contributed by atoms with Crippen molar-refractivity contribution in [3.63, 3.8) is 0 Å². The molecule has 4 aromatic rings. The molecule has 30 heavy (non-hydrogen) atoms. The van der Waals surface area contributed by atoms with Gasteiger partial charge in [0.1, 0.15) is 5.75 Å². The molecule has 0 saturated carbocycles. The van der Waals surface area contributed by atoms with Crippen LogP contribution in [0.1, 0.15) is 11.7 Å². The fraction of sp³-hybridized carbons (Fsp3) is 0.0800. The first-order valence-electron chi connectivity index (χ1n) is 9.73. The summed E-state index contributed by atoms with van der Waals surface area (Å²) in [5, 5.41) is 3.71. The van der Waals surface area contributed by atoms with Gasteiger partial charge >= 0.3 is 6.09 Å². The Morgan fingerprint density at radius 2 is 1.50 bits per heavy atom. The summed E-state index contributed by atoms with van der Waals surface area (Å²) in [6, 6.07) is 31.3. The number of hydroxylamine groups is 1. The maximum atomic E-state index is 13.1. The zero-order chi connectivity index (χ0) is 20.5. The number of carbonyl (C=O) groups is 1. The van der Waals surface area contributed by atoms with Gasteiger partial charge in [0.05, 0.1) is 18.5 Å². The molecule has 5 rings (SSSR count). The number of anilines is 2. The van der Waals surface area contributed by atoms with E-state index in [2.05, 4.69) is 0 Å². The molecule has 1 atom stereocenters. The number of nitrogens with zero attached hydrogens (tertiary/aromatic N) is 2. The van der Waals surface area contributed by atoms with Crippen LogP contribution in [0.15, 0.2) is 97.1 Å². The number of carbonyl (C=O) groups excluding carboxylic acids is 1. The van der Waals surface area contributed by atoms with E-state index in [0.717, 1.165) is 33.5 Å². The highest BCUT2D eigenvalue weighted by molar-refractivity contribution is 6.03. The highest BCUT2D eigenvalue weighted by Gasteiger charge is 2.43. The van der Waals surface area contributed by atoms with Crippen LogP contribution >= 0.6 is 0 Å². The van der Waals surface area contributed by atoms with E-state index in [0.29, 0.717) is 0 Å². The predicted molar refractivity (Wildman–Crippen MR) is 118 cm³/mol. The smallest absolute Gasteiger partial charge is 0.441 e. The second-order valence-electron chi connectivity index (χ2n) is 7.03. The molecule has 0 aromatic heterocycles. The minimum absolute atomic E-state index is 0.420. The zero-order valence-corrected chi connectivity index (χ0v) is 16.4. The Labute approximate surface area is 174 Å². The van der Waals surface area contributed by atoms with Crippen molar-refractivity contribution in [3.8, 4) is 5.75 Å². The zero-order valence-electron chi connectivity index (χ0n) is 16.4. The normalized spacial score (nSPS) is 16.0. The van der Waals surface area contributed by atoms with Crippen molar-refractivity contribution in [1.29, 1.82) is 0 Å². The summed E-state index contributed by atoms with van der Waals surface area (Å²) in [6.07, 6.45) is -0.882. The highest BCUT2D eigenvalue weighted by Crippen LogP contribution is 2.42. The molecule has 0 radical (unpaired) electrons. The first kappa shape index (κ1) is 18.1. The van der Waals surface area contributed by atoms with Crippen molar-refractivity contribution in [2.24, 2.45) is 0 Å². The Kier molecular flexibility index (Phi) is 4.48. The molecule has 1 amide bonds. The Morgan fingerprint density at radius 3 is 2.27 bits per heavy atom. The van der Waals surface area contributed by atoms with Crippen LogP contribution in [0.4, 0.5) is 16.2 Å². The fourth-order valence-corrected chi connectivity index (χ4v) is 3.86. The lowest BCUT2D eigenvalue weighted by Gasteiger charge is -2.28. The molecule has 0 aliphatic carbocycles. The van der Waals surface area contributed by atoms with Crippen LogP contribution in [0.5, 0.6) is 5.75 Å². The first-order chi connectivity index (χ1) is 14.8. The van der Waals surface area contributed by atoms with Crippen molar-refractivity contribution >= 4 is 28.2 Å². The standard InChI is InChI=1S/C25H20N2O3/c1-29-21-16-14-19(15-17-21)24-26(23-13-7-9-18-8-5-6-12-22(18)23)25(28)30-27(24)20-10-3-2-4-11-20/h2-17,24H,1H3. The van der Waals surface area contributed by atoms with E-state index in [1.165, 1.54) is 0 Å². The average Bonchev–Trinajstić information content (AvgIpc) is 3.16. The molecule has 1 unspecified atom stereocenters. The van der Waals surface area contributed by atoms with Gasteiger partial charge in [0, 0.05) is 5.39 Å². The maximum absolute atomic E-state index is 13.1. The van der Waals surface area contributed by atoms with Gasteiger partial charge in [0.15, 0.2) is 6.17 Å². The summed E-state index contributed by atoms with van der Waals surface area (Å²) in [5.41, 5.74) is 2.52. The average molecular weight is 396 g/mol. The number of fused-ring (bicyclic) bond motifs is 1. The fourth-order valence-electron chi connectivity index (χ4n) is 3.86. The molecule has 1 heterocycles. The lowest BCUT2D eigenvalue weighted by molar-refractivity contribution is 0.164. The Hall–Kier alpha value is -3.99. The van der Waals surface area contributed by atoms with Crippen LogP contribution in [-0.2, 0) is 4.84 Å². The van der Waals surface area contributed by atoms with Crippen LogP contribution in [0.25, 0.3) is 10.8 Å². The number of para-hydroxylation sites is 1. The molecule has 0 N–H and O–H groups in total. The number of hydrogen-bond donors (Lipinski definition) is 0. The van der Waals surface area contributed by atoms with Gasteiger partial charge in [0.25, 0.3) is 0 Å². The van der Waals surface area contributed by atoms with Crippen LogP contribution in [0.2, 0.25) is 0 Å². The monoisotopic (exact) mass is 396 g/mol. The van der Waals surface area contributed by atoms with Gasteiger partial charge in [0.2, 0.25) is 0 Å². The molecule has 1 saturated heterocycles. The van der Waals surface area contributed by atoms with Gasteiger partial charge in [-0.25, -0.2) is 9.69 Å². The van der Waals surface area contributed by atoms with E-state index in [-0.39, 0.29) is 0 Å². The van der Waals surface area contributed by atoms with Gasteiger partial charge in [-0.2, -0.15) is 5.06 Å². The van der Waals surface area contributed by atoms with Gasteiger partial charge in [-0.1, -0.05) is 66.7 Å². The largest absolute Gasteiger partial charge is 0.497 e. The van der Waals surface area contributed by atoms with Crippen LogP contribution in [0, 0.1) is 0 Å². The number of rotatable bonds is 4. The minimum Gasteiger partial charge on any atom is -0.497 e. The summed E-state index contributed by atoms with van der Waals surface area (Å²) >= 11 is 0. The van der Waals surface area contributed by atoms with Gasteiger partial charge in [-0.3, -0.25) is 0 Å². The lowest BCUT2D eigenvalue weighted by atomic mass is 10.1. The predicted octanol–water partition coefficient (Wildman–Crippen LogP) is 5.93. The van der Waals surface area contributed by atoms with Gasteiger partial charge in [-0.05, 0) is 41.3 Å². The molecule has 148 valence electrons. The molecular weight excluding hydrogens is 376 g/mol. The van der Waals surface area contributed by atoms with Crippen molar-refractivity contribution in [2.75, 3.05) is 17.1 Å². The molecule has 1 fully saturated rings. The SMILES string of the molecule is COc1ccc(C2N(c3ccccc3)OC(=O)N2c2cccc3ccccc23)cc1. The molecule has 5 heteroatoms. The number of benzene rings is 4. The number of methoxy groups -OCH3 is 1. The number of hydrogen-bond acceptors (Lipinski definition) is 4. The second-order valence-corrected chi connectivity index (χ2v) is 7.03. The number of ether oxygens (including phenoxy) is 1. The van der Waals surface area contributed by atoms with E-state index in [4.69, 9.17) is 9.57 Å². The minimum atomic E-state index is -0.461. The Morgan fingerprint density at radius 1 is 0.800 bits per heavy atom. The molecule has 0 bridgehead atoms. The first-order valence-corrected chi connectivity index (χ1v) is 9.73. The quantitative estimate of drug-likeness (QED) is 0.429. The third-order valence-electron chi connectivity index (χ3n) is 5.29. The molecule has 1 aliphatic heterocycles. The highest BCUT2D eigenvalue weighted by atomic mass is 16.7. The topological polar surface area (TPSA) is 42.0 Å². The van der Waals surface area contributed by atoms with Crippen molar-refractivity contribution in [3.05, 3.63) is 103 Å². The molecular formula is C25H20N2O3. The maximum Gasteiger partial charge on any atom is 0.441 e. The molecule has 1 aliphatic rings. The molecule has 5 nitrogen and oxygen atoms in total. The van der Waals surface area contributed by atoms with Crippen molar-refractivity contribution in [2.45, 2.75) is 6.17 Å². The second kappa shape index (κ2) is 7.44. The van der Waals surface area contributed by atoms with E-state index in [1.54, 1.807) is 17.1 Å². The summed E-state index contributed by atoms with van der Waals surface area (Å²) in [7, 11) is 1.63. The van der Waals surface area contributed by atoms with Gasteiger partial charge in [-0.15, -0.1) is 0 Å².